The minimum atomic E-state index is -3.36. The highest BCUT2D eigenvalue weighted by Crippen LogP contribution is 2.24. The molecule has 7 nitrogen and oxygen atoms in total. The van der Waals surface area contributed by atoms with Gasteiger partial charge in [0.2, 0.25) is 0 Å². The number of para-hydroxylation sites is 1. The lowest BCUT2D eigenvalue weighted by Gasteiger charge is -2.13. The molecule has 0 aliphatic rings. The number of fused-ring (bicyclic) bond motifs is 1. The fraction of sp³-hybridized carbons (Fsp3) is 0.190. The van der Waals surface area contributed by atoms with Crippen LogP contribution in [-0.4, -0.2) is 38.7 Å². The number of esters is 2. The Morgan fingerprint density at radius 3 is 2.28 bits per heavy atom. The zero-order valence-electron chi connectivity index (χ0n) is 16.1. The highest BCUT2D eigenvalue weighted by atomic mass is 32.2. The minimum Gasteiger partial charge on any atom is -0.465 e. The van der Waals surface area contributed by atoms with Gasteiger partial charge in [0.25, 0.3) is 0 Å². The van der Waals surface area contributed by atoms with Gasteiger partial charge >= 0.3 is 11.9 Å². The molecular weight excluding hydrogens is 394 g/mol. The van der Waals surface area contributed by atoms with Crippen LogP contribution in [0, 0.1) is 6.92 Å². The van der Waals surface area contributed by atoms with E-state index in [1.54, 1.807) is 13.0 Å². The molecule has 0 N–H and O–H groups in total. The van der Waals surface area contributed by atoms with Gasteiger partial charge in [-0.3, -0.25) is 0 Å². The summed E-state index contributed by atoms with van der Waals surface area (Å²) in [5.74, 6) is -1.22. The standard InChI is InChI=1S/C21H19NO6S/c1-13-16-6-4-5-7-17(16)22-18(19(13)21(24)27-2)12-28-20(23)14-8-10-15(11-9-14)29(3,25)26/h4-11H,12H2,1-3H3. The molecule has 150 valence electrons. The first-order chi connectivity index (χ1) is 13.7. The van der Waals surface area contributed by atoms with Gasteiger partial charge in [0.15, 0.2) is 9.84 Å². The molecule has 0 saturated heterocycles. The maximum absolute atomic E-state index is 12.4. The van der Waals surface area contributed by atoms with Crippen molar-refractivity contribution in [3.8, 4) is 0 Å². The Bertz CT molecular complexity index is 1200. The number of pyridine rings is 1. The number of sulfone groups is 1. The van der Waals surface area contributed by atoms with Gasteiger partial charge in [0.05, 0.1) is 34.3 Å². The van der Waals surface area contributed by atoms with Gasteiger partial charge < -0.3 is 9.47 Å². The first-order valence-electron chi connectivity index (χ1n) is 8.66. The molecule has 0 fully saturated rings. The third kappa shape index (κ3) is 4.27. The fourth-order valence-corrected chi connectivity index (χ4v) is 3.60. The monoisotopic (exact) mass is 413 g/mol. The molecule has 1 heterocycles. The van der Waals surface area contributed by atoms with E-state index in [1.807, 2.05) is 18.2 Å². The predicted molar refractivity (Wildman–Crippen MR) is 106 cm³/mol. The Morgan fingerprint density at radius 2 is 1.66 bits per heavy atom. The van der Waals surface area contributed by atoms with Crippen molar-refractivity contribution < 1.29 is 27.5 Å². The zero-order chi connectivity index (χ0) is 21.2. The number of carbonyl (C=O) groups excluding carboxylic acids is 2. The molecular formula is C21H19NO6S. The Kier molecular flexibility index (Phi) is 5.65. The van der Waals surface area contributed by atoms with Gasteiger partial charge in [-0.25, -0.2) is 23.0 Å². The second-order valence-corrected chi connectivity index (χ2v) is 8.46. The van der Waals surface area contributed by atoms with Crippen LogP contribution in [0.15, 0.2) is 53.4 Å². The first kappa shape index (κ1) is 20.5. The lowest BCUT2D eigenvalue weighted by atomic mass is 10.0. The quantitative estimate of drug-likeness (QED) is 0.593. The lowest BCUT2D eigenvalue weighted by Crippen LogP contribution is -2.14. The molecule has 3 aromatic rings. The maximum Gasteiger partial charge on any atom is 0.340 e. The Labute approximate surface area is 168 Å². The highest BCUT2D eigenvalue weighted by Gasteiger charge is 2.21. The second-order valence-electron chi connectivity index (χ2n) is 6.44. The van der Waals surface area contributed by atoms with E-state index in [2.05, 4.69) is 4.98 Å². The van der Waals surface area contributed by atoms with E-state index in [0.717, 1.165) is 11.6 Å². The molecule has 0 unspecified atom stereocenters. The molecule has 3 rings (SSSR count). The first-order valence-corrected chi connectivity index (χ1v) is 10.6. The highest BCUT2D eigenvalue weighted by molar-refractivity contribution is 7.90. The summed E-state index contributed by atoms with van der Waals surface area (Å²) in [4.78, 5) is 29.2. The normalized spacial score (nSPS) is 11.3. The molecule has 0 amide bonds. The SMILES string of the molecule is COC(=O)c1c(COC(=O)c2ccc(S(C)(=O)=O)cc2)nc2ccccc2c1C. The van der Waals surface area contributed by atoms with Crippen LogP contribution < -0.4 is 0 Å². The van der Waals surface area contributed by atoms with Gasteiger partial charge in [-0.15, -0.1) is 0 Å². The third-order valence-electron chi connectivity index (χ3n) is 4.47. The lowest BCUT2D eigenvalue weighted by molar-refractivity contribution is 0.0455. The van der Waals surface area contributed by atoms with Crippen LogP contribution in [0.2, 0.25) is 0 Å². The summed E-state index contributed by atoms with van der Waals surface area (Å²) in [5.41, 5.74) is 2.09. The number of aryl methyl sites for hydroxylation is 1. The Balaban J connectivity index is 1.89. The van der Waals surface area contributed by atoms with Crippen molar-refractivity contribution in [1.82, 2.24) is 4.98 Å². The van der Waals surface area contributed by atoms with E-state index in [4.69, 9.17) is 9.47 Å². The van der Waals surface area contributed by atoms with Crippen LogP contribution in [0.3, 0.4) is 0 Å². The fourth-order valence-electron chi connectivity index (χ4n) is 2.97. The minimum absolute atomic E-state index is 0.105. The molecule has 1 aromatic heterocycles. The number of carbonyl (C=O) groups is 2. The molecule has 0 radical (unpaired) electrons. The molecule has 8 heteroatoms. The van der Waals surface area contributed by atoms with E-state index < -0.39 is 21.8 Å². The summed E-state index contributed by atoms with van der Waals surface area (Å²) >= 11 is 0. The van der Waals surface area contributed by atoms with Gasteiger partial charge in [-0.2, -0.15) is 0 Å². The summed E-state index contributed by atoms with van der Waals surface area (Å²) in [6, 6.07) is 12.7. The van der Waals surface area contributed by atoms with Crippen LogP contribution in [0.1, 0.15) is 32.0 Å². The van der Waals surface area contributed by atoms with Gasteiger partial charge in [-0.1, -0.05) is 18.2 Å². The Hall–Kier alpha value is -3.26. The van der Waals surface area contributed by atoms with E-state index in [0.29, 0.717) is 11.1 Å². The van der Waals surface area contributed by atoms with Crippen LogP contribution in [-0.2, 0) is 25.9 Å². The van der Waals surface area contributed by atoms with Gasteiger partial charge in [0, 0.05) is 11.6 Å². The van der Waals surface area contributed by atoms with Gasteiger partial charge in [-0.05, 0) is 42.8 Å². The number of rotatable bonds is 5. The summed E-state index contributed by atoms with van der Waals surface area (Å²) in [6.45, 7) is 1.55. The van der Waals surface area contributed by atoms with Crippen molar-refractivity contribution in [3.05, 3.63) is 70.9 Å². The number of hydrogen-bond acceptors (Lipinski definition) is 7. The zero-order valence-corrected chi connectivity index (χ0v) is 16.9. The summed E-state index contributed by atoms with van der Waals surface area (Å²) < 4.78 is 33.2. The van der Waals surface area contributed by atoms with Crippen molar-refractivity contribution in [2.24, 2.45) is 0 Å². The van der Waals surface area contributed by atoms with E-state index in [9.17, 15) is 18.0 Å². The molecule has 29 heavy (non-hydrogen) atoms. The summed E-state index contributed by atoms with van der Waals surface area (Å²) in [5, 5.41) is 0.805. The average molecular weight is 413 g/mol. The third-order valence-corrected chi connectivity index (χ3v) is 5.60. The van der Waals surface area contributed by atoms with E-state index >= 15 is 0 Å². The van der Waals surface area contributed by atoms with Crippen molar-refractivity contribution >= 4 is 32.7 Å². The smallest absolute Gasteiger partial charge is 0.340 e. The van der Waals surface area contributed by atoms with E-state index in [1.165, 1.54) is 31.4 Å². The van der Waals surface area contributed by atoms with E-state index in [-0.39, 0.29) is 28.3 Å². The second kappa shape index (κ2) is 8.00. The van der Waals surface area contributed by atoms with Gasteiger partial charge in [0.1, 0.15) is 6.61 Å². The van der Waals surface area contributed by atoms with Crippen LogP contribution in [0.25, 0.3) is 10.9 Å². The largest absolute Gasteiger partial charge is 0.465 e. The molecule has 0 spiro atoms. The molecule has 2 aromatic carbocycles. The molecule has 0 saturated carbocycles. The molecule has 0 aliphatic carbocycles. The predicted octanol–water partition coefficient (Wildman–Crippen LogP) is 3.09. The van der Waals surface area contributed by atoms with Crippen molar-refractivity contribution in [1.29, 1.82) is 0 Å². The van der Waals surface area contributed by atoms with Crippen molar-refractivity contribution in [3.63, 3.8) is 0 Å². The topological polar surface area (TPSA) is 99.6 Å². The molecule has 0 bridgehead atoms. The average Bonchev–Trinajstić information content (AvgIpc) is 2.71. The molecule has 0 atom stereocenters. The number of aromatic nitrogens is 1. The summed E-state index contributed by atoms with van der Waals surface area (Å²) in [6.07, 6.45) is 1.09. The maximum atomic E-state index is 12.4. The van der Waals surface area contributed by atoms with Crippen LogP contribution >= 0.6 is 0 Å². The molecule has 0 aliphatic heterocycles. The number of hydrogen-bond donors (Lipinski definition) is 0. The van der Waals surface area contributed by atoms with Crippen molar-refractivity contribution in [2.75, 3.05) is 13.4 Å². The van der Waals surface area contributed by atoms with Crippen LogP contribution in [0.4, 0.5) is 0 Å². The number of benzene rings is 2. The number of methoxy groups -OCH3 is 1. The summed E-state index contributed by atoms with van der Waals surface area (Å²) in [7, 11) is -2.08. The number of nitrogens with zero attached hydrogens (tertiary/aromatic N) is 1. The Morgan fingerprint density at radius 1 is 1.00 bits per heavy atom. The van der Waals surface area contributed by atoms with Crippen LogP contribution in [0.5, 0.6) is 0 Å². The van der Waals surface area contributed by atoms with Crippen molar-refractivity contribution in [2.45, 2.75) is 18.4 Å². The number of ether oxygens (including phenoxy) is 2.